The first-order chi connectivity index (χ1) is 8.59. The van der Waals surface area contributed by atoms with E-state index in [-0.39, 0.29) is 5.92 Å². The lowest BCUT2D eigenvalue weighted by Crippen LogP contribution is -2.34. The summed E-state index contributed by atoms with van der Waals surface area (Å²) in [6.07, 6.45) is 1.66. The molecule has 0 aliphatic carbocycles. The SMILES string of the molecule is CC(C)C(Nc1nncc2ccccc12)C(=O)O. The Hall–Kier alpha value is -2.17. The van der Waals surface area contributed by atoms with Crippen molar-refractivity contribution >= 4 is 22.6 Å². The van der Waals surface area contributed by atoms with Crippen LogP contribution in [0.5, 0.6) is 0 Å². The molecule has 0 radical (unpaired) electrons. The number of hydrogen-bond acceptors (Lipinski definition) is 4. The Morgan fingerprint density at radius 1 is 1.33 bits per heavy atom. The number of aromatic nitrogens is 2. The van der Waals surface area contributed by atoms with Gasteiger partial charge in [0, 0.05) is 10.8 Å². The summed E-state index contributed by atoms with van der Waals surface area (Å²) in [5.41, 5.74) is 0. The van der Waals surface area contributed by atoms with Crippen molar-refractivity contribution < 1.29 is 9.90 Å². The molecule has 5 nitrogen and oxygen atoms in total. The minimum Gasteiger partial charge on any atom is -0.480 e. The van der Waals surface area contributed by atoms with Gasteiger partial charge in [0.15, 0.2) is 5.82 Å². The Morgan fingerprint density at radius 2 is 2.06 bits per heavy atom. The molecule has 1 unspecified atom stereocenters. The molecular weight excluding hydrogens is 230 g/mol. The molecule has 0 saturated heterocycles. The van der Waals surface area contributed by atoms with Gasteiger partial charge in [0.25, 0.3) is 0 Å². The first-order valence-electron chi connectivity index (χ1n) is 5.79. The van der Waals surface area contributed by atoms with E-state index in [0.29, 0.717) is 5.82 Å². The van der Waals surface area contributed by atoms with Crippen molar-refractivity contribution in [2.45, 2.75) is 19.9 Å². The maximum absolute atomic E-state index is 11.2. The molecule has 1 aromatic carbocycles. The molecule has 1 aromatic heterocycles. The molecule has 0 aliphatic heterocycles. The van der Waals surface area contributed by atoms with Gasteiger partial charge in [0.1, 0.15) is 6.04 Å². The van der Waals surface area contributed by atoms with Gasteiger partial charge >= 0.3 is 5.97 Å². The normalized spacial score (nSPS) is 12.6. The Kier molecular flexibility index (Phi) is 3.41. The molecule has 1 atom stereocenters. The van der Waals surface area contributed by atoms with Gasteiger partial charge in [-0.2, -0.15) is 5.10 Å². The molecule has 0 spiro atoms. The standard InChI is InChI=1S/C13H15N3O2/c1-8(2)11(13(17)18)15-12-10-6-4-3-5-9(10)7-14-16-12/h3-8,11H,1-2H3,(H,15,16)(H,17,18). The van der Waals surface area contributed by atoms with E-state index in [0.717, 1.165) is 10.8 Å². The molecule has 1 heterocycles. The highest BCUT2D eigenvalue weighted by Gasteiger charge is 2.22. The molecule has 94 valence electrons. The summed E-state index contributed by atoms with van der Waals surface area (Å²) in [4.78, 5) is 11.2. The first-order valence-corrected chi connectivity index (χ1v) is 5.79. The number of benzene rings is 1. The van der Waals surface area contributed by atoms with Crippen LogP contribution >= 0.6 is 0 Å². The molecule has 0 bridgehead atoms. The number of aliphatic carboxylic acids is 1. The molecule has 2 aromatic rings. The third-order valence-electron chi connectivity index (χ3n) is 2.80. The Labute approximate surface area is 105 Å². The van der Waals surface area contributed by atoms with Crippen LogP contribution in [0.4, 0.5) is 5.82 Å². The van der Waals surface area contributed by atoms with E-state index in [9.17, 15) is 4.79 Å². The van der Waals surface area contributed by atoms with Gasteiger partial charge in [0.05, 0.1) is 6.20 Å². The van der Waals surface area contributed by atoms with Crippen molar-refractivity contribution in [3.63, 3.8) is 0 Å². The van der Waals surface area contributed by atoms with Gasteiger partial charge in [-0.05, 0) is 5.92 Å². The van der Waals surface area contributed by atoms with E-state index in [1.165, 1.54) is 0 Å². The average Bonchev–Trinajstić information content (AvgIpc) is 2.35. The number of anilines is 1. The summed E-state index contributed by atoms with van der Waals surface area (Å²) in [6.45, 7) is 3.70. The predicted molar refractivity (Wildman–Crippen MR) is 69.4 cm³/mol. The van der Waals surface area contributed by atoms with E-state index in [2.05, 4.69) is 15.5 Å². The molecule has 2 rings (SSSR count). The maximum atomic E-state index is 11.2. The van der Waals surface area contributed by atoms with Gasteiger partial charge in [-0.25, -0.2) is 4.79 Å². The molecule has 5 heteroatoms. The molecule has 0 amide bonds. The third-order valence-corrected chi connectivity index (χ3v) is 2.80. The predicted octanol–water partition coefficient (Wildman–Crippen LogP) is 2.15. The first kappa shape index (κ1) is 12.3. The van der Waals surface area contributed by atoms with Crippen LogP contribution in [0.1, 0.15) is 13.8 Å². The summed E-state index contributed by atoms with van der Waals surface area (Å²) in [7, 11) is 0. The Bertz CT molecular complexity index is 564. The van der Waals surface area contributed by atoms with Crippen LogP contribution in [0.2, 0.25) is 0 Å². The van der Waals surface area contributed by atoms with Crippen LogP contribution in [-0.4, -0.2) is 27.3 Å². The van der Waals surface area contributed by atoms with Crippen molar-refractivity contribution in [3.05, 3.63) is 30.5 Å². The van der Waals surface area contributed by atoms with Gasteiger partial charge in [-0.1, -0.05) is 38.1 Å². The van der Waals surface area contributed by atoms with E-state index in [1.54, 1.807) is 6.20 Å². The molecule has 0 aliphatic rings. The largest absolute Gasteiger partial charge is 0.480 e. The van der Waals surface area contributed by atoms with Crippen molar-refractivity contribution in [1.82, 2.24) is 10.2 Å². The molecular formula is C13H15N3O2. The lowest BCUT2D eigenvalue weighted by atomic mass is 10.0. The Morgan fingerprint density at radius 3 is 2.72 bits per heavy atom. The minimum absolute atomic E-state index is 0.0386. The fourth-order valence-corrected chi connectivity index (χ4v) is 1.80. The quantitative estimate of drug-likeness (QED) is 0.863. The highest BCUT2D eigenvalue weighted by atomic mass is 16.4. The van der Waals surface area contributed by atoms with E-state index < -0.39 is 12.0 Å². The van der Waals surface area contributed by atoms with E-state index in [4.69, 9.17) is 5.11 Å². The van der Waals surface area contributed by atoms with Gasteiger partial charge < -0.3 is 10.4 Å². The van der Waals surface area contributed by atoms with E-state index >= 15 is 0 Å². The van der Waals surface area contributed by atoms with Crippen LogP contribution in [0.3, 0.4) is 0 Å². The number of hydrogen-bond donors (Lipinski definition) is 2. The van der Waals surface area contributed by atoms with Crippen molar-refractivity contribution in [2.75, 3.05) is 5.32 Å². The topological polar surface area (TPSA) is 75.1 Å². The van der Waals surface area contributed by atoms with Crippen LogP contribution in [0.25, 0.3) is 10.8 Å². The Balaban J connectivity index is 2.39. The number of carboxylic acids is 1. The van der Waals surface area contributed by atoms with Crippen molar-refractivity contribution in [3.8, 4) is 0 Å². The zero-order valence-electron chi connectivity index (χ0n) is 10.3. The van der Waals surface area contributed by atoms with Crippen molar-refractivity contribution in [2.24, 2.45) is 5.92 Å². The minimum atomic E-state index is -0.889. The number of carboxylic acid groups (broad SMARTS) is 1. The summed E-state index contributed by atoms with van der Waals surface area (Å²) in [6, 6.07) is 6.93. The molecule has 18 heavy (non-hydrogen) atoms. The number of carbonyl (C=O) groups is 1. The third kappa shape index (κ3) is 2.40. The highest BCUT2D eigenvalue weighted by Crippen LogP contribution is 2.21. The summed E-state index contributed by atoms with van der Waals surface area (Å²) < 4.78 is 0. The van der Waals surface area contributed by atoms with Gasteiger partial charge in [0.2, 0.25) is 0 Å². The highest BCUT2D eigenvalue weighted by molar-refractivity contribution is 5.92. The number of fused-ring (bicyclic) bond motifs is 1. The monoisotopic (exact) mass is 245 g/mol. The van der Waals surface area contributed by atoms with Crippen LogP contribution in [-0.2, 0) is 4.79 Å². The number of nitrogens with zero attached hydrogens (tertiary/aromatic N) is 2. The average molecular weight is 245 g/mol. The van der Waals surface area contributed by atoms with Crippen molar-refractivity contribution in [1.29, 1.82) is 0 Å². The smallest absolute Gasteiger partial charge is 0.326 e. The second kappa shape index (κ2) is 5.00. The number of rotatable bonds is 4. The second-order valence-corrected chi connectivity index (χ2v) is 4.48. The second-order valence-electron chi connectivity index (χ2n) is 4.48. The number of nitrogens with one attached hydrogen (secondary N) is 1. The summed E-state index contributed by atoms with van der Waals surface area (Å²) in [5.74, 6) is -0.419. The lowest BCUT2D eigenvalue weighted by molar-refractivity contribution is -0.138. The zero-order chi connectivity index (χ0) is 13.1. The van der Waals surface area contributed by atoms with Crippen LogP contribution < -0.4 is 5.32 Å². The maximum Gasteiger partial charge on any atom is 0.326 e. The molecule has 2 N–H and O–H groups in total. The summed E-state index contributed by atoms with van der Waals surface area (Å²) >= 11 is 0. The van der Waals surface area contributed by atoms with Crippen LogP contribution in [0.15, 0.2) is 30.5 Å². The van der Waals surface area contributed by atoms with Gasteiger partial charge in [-0.3, -0.25) is 0 Å². The van der Waals surface area contributed by atoms with E-state index in [1.807, 2.05) is 38.1 Å². The van der Waals surface area contributed by atoms with Gasteiger partial charge in [-0.15, -0.1) is 5.10 Å². The van der Waals surface area contributed by atoms with Crippen LogP contribution in [0, 0.1) is 5.92 Å². The lowest BCUT2D eigenvalue weighted by Gasteiger charge is -2.18. The fourth-order valence-electron chi connectivity index (χ4n) is 1.80. The summed E-state index contributed by atoms with van der Waals surface area (Å²) in [5, 5.41) is 21.8. The molecule has 0 saturated carbocycles. The zero-order valence-corrected chi connectivity index (χ0v) is 10.3. The molecule has 0 fully saturated rings. The fraction of sp³-hybridized carbons (Fsp3) is 0.308.